The van der Waals surface area contributed by atoms with Gasteiger partial charge in [-0.15, -0.1) is 0 Å². The van der Waals surface area contributed by atoms with Gasteiger partial charge in [0.15, 0.2) is 11.5 Å². The molecule has 7 heteroatoms. The molecule has 0 saturated carbocycles. The topological polar surface area (TPSA) is 71.5 Å². The zero-order valence-electron chi connectivity index (χ0n) is 18.6. The summed E-state index contributed by atoms with van der Waals surface area (Å²) in [4.78, 5) is 18.0. The molecule has 2 unspecified atom stereocenters. The molecule has 1 N–H and O–H groups in total. The van der Waals surface area contributed by atoms with Gasteiger partial charge in [-0.3, -0.25) is 9.69 Å². The van der Waals surface area contributed by atoms with Crippen molar-refractivity contribution in [3.05, 3.63) is 52.1 Å². The van der Waals surface area contributed by atoms with Gasteiger partial charge < -0.3 is 24.2 Å². The van der Waals surface area contributed by atoms with Crippen LogP contribution in [0, 0.1) is 0 Å². The lowest BCUT2D eigenvalue weighted by atomic mass is 9.74. The summed E-state index contributed by atoms with van der Waals surface area (Å²) in [7, 11) is 5.33. The number of hydrogen-bond donors (Lipinski definition) is 1. The Morgan fingerprint density at radius 2 is 1.78 bits per heavy atom. The fourth-order valence-electron chi connectivity index (χ4n) is 6.31. The Balaban J connectivity index is 1.51. The van der Waals surface area contributed by atoms with Gasteiger partial charge in [-0.25, -0.2) is 0 Å². The number of amides is 1. The molecule has 1 fully saturated rings. The number of aliphatic hydroxyl groups excluding tert-OH is 1. The predicted octanol–water partition coefficient (Wildman–Crippen LogP) is 2.04. The van der Waals surface area contributed by atoms with Gasteiger partial charge in [0.05, 0.1) is 51.6 Å². The summed E-state index contributed by atoms with van der Waals surface area (Å²) in [6.07, 6.45) is 2.22. The lowest BCUT2D eigenvalue weighted by Gasteiger charge is -2.57. The summed E-state index contributed by atoms with van der Waals surface area (Å²) >= 11 is 0. The van der Waals surface area contributed by atoms with Crippen molar-refractivity contribution in [1.29, 1.82) is 0 Å². The molecule has 0 aliphatic carbocycles. The van der Waals surface area contributed by atoms with Crippen molar-refractivity contribution >= 4 is 5.91 Å². The monoisotopic (exact) mass is 436 g/mol. The minimum Gasteiger partial charge on any atom is -0.493 e. The van der Waals surface area contributed by atoms with E-state index in [0.29, 0.717) is 24.5 Å². The molecule has 7 nitrogen and oxygen atoms in total. The molecule has 168 valence electrons. The number of nitrogens with zero attached hydrogens (tertiary/aromatic N) is 2. The highest BCUT2D eigenvalue weighted by Crippen LogP contribution is 2.50. The number of benzene rings is 2. The number of methoxy groups -OCH3 is 2. The molecule has 4 aliphatic heterocycles. The third-order valence-electron chi connectivity index (χ3n) is 7.82. The fourth-order valence-corrected chi connectivity index (χ4v) is 6.31. The summed E-state index contributed by atoms with van der Waals surface area (Å²) < 4.78 is 16.9. The van der Waals surface area contributed by atoms with E-state index in [1.807, 2.05) is 18.0 Å². The highest BCUT2D eigenvalue weighted by atomic mass is 16.5. The maximum Gasteiger partial charge on any atom is 0.241 e. The number of hydrogen-bond acceptors (Lipinski definition) is 6. The summed E-state index contributed by atoms with van der Waals surface area (Å²) in [5.41, 5.74) is 5.70. The molecular weight excluding hydrogens is 408 g/mol. The SMILES string of the molecule is COc1cc2c(cc1OC)[C@@H]1C3Cc4cc5c(cc4C(CO)N3C(=O)[C@H](C2)N1C)CCO5. The van der Waals surface area contributed by atoms with Crippen molar-refractivity contribution in [2.24, 2.45) is 0 Å². The van der Waals surface area contributed by atoms with Gasteiger partial charge in [-0.05, 0) is 72.0 Å². The lowest BCUT2D eigenvalue weighted by molar-refractivity contribution is -0.158. The van der Waals surface area contributed by atoms with Crippen molar-refractivity contribution < 1.29 is 24.1 Å². The van der Waals surface area contributed by atoms with E-state index in [1.165, 1.54) is 16.7 Å². The minimum absolute atomic E-state index is 0.0117. The average molecular weight is 437 g/mol. The zero-order valence-corrected chi connectivity index (χ0v) is 18.6. The fraction of sp³-hybridized carbons (Fsp3) is 0.480. The zero-order chi connectivity index (χ0) is 22.1. The van der Waals surface area contributed by atoms with E-state index in [-0.39, 0.29) is 36.7 Å². The van der Waals surface area contributed by atoms with E-state index in [1.54, 1.807) is 14.2 Å². The normalized spacial score (nSPS) is 27.8. The van der Waals surface area contributed by atoms with Crippen LogP contribution < -0.4 is 14.2 Å². The number of ether oxygens (including phenoxy) is 3. The van der Waals surface area contributed by atoms with Crippen LogP contribution in [0.5, 0.6) is 17.2 Å². The average Bonchev–Trinajstić information content (AvgIpc) is 3.26. The molecule has 0 aromatic heterocycles. The largest absolute Gasteiger partial charge is 0.493 e. The molecule has 1 saturated heterocycles. The molecule has 2 bridgehead atoms. The number of carbonyl (C=O) groups is 1. The molecule has 6 rings (SSSR count). The van der Waals surface area contributed by atoms with Crippen molar-refractivity contribution in [2.45, 2.75) is 43.4 Å². The van der Waals surface area contributed by atoms with Crippen LogP contribution in [0.1, 0.15) is 39.9 Å². The molecule has 0 spiro atoms. The third kappa shape index (κ3) is 2.58. The number of aliphatic hydroxyl groups is 1. The maximum absolute atomic E-state index is 13.8. The molecule has 4 aliphatic rings. The molecule has 4 atom stereocenters. The summed E-state index contributed by atoms with van der Waals surface area (Å²) in [5, 5.41) is 10.4. The third-order valence-corrected chi connectivity index (χ3v) is 7.82. The molecule has 0 radical (unpaired) electrons. The van der Waals surface area contributed by atoms with Crippen LogP contribution in [0.3, 0.4) is 0 Å². The highest BCUT2D eigenvalue weighted by Gasteiger charge is 2.53. The maximum atomic E-state index is 13.8. The lowest BCUT2D eigenvalue weighted by Crippen LogP contribution is -2.66. The van der Waals surface area contributed by atoms with Gasteiger partial charge in [0.1, 0.15) is 5.75 Å². The predicted molar refractivity (Wildman–Crippen MR) is 117 cm³/mol. The van der Waals surface area contributed by atoms with Gasteiger partial charge in [-0.2, -0.15) is 0 Å². The van der Waals surface area contributed by atoms with Gasteiger partial charge in [-0.1, -0.05) is 0 Å². The molecular formula is C25H28N2O5. The Morgan fingerprint density at radius 1 is 1.03 bits per heavy atom. The minimum atomic E-state index is -0.331. The van der Waals surface area contributed by atoms with Crippen molar-refractivity contribution in [1.82, 2.24) is 9.80 Å². The Morgan fingerprint density at radius 3 is 2.53 bits per heavy atom. The Hall–Kier alpha value is -2.77. The van der Waals surface area contributed by atoms with Crippen LogP contribution in [-0.2, 0) is 24.1 Å². The molecule has 2 aromatic rings. The molecule has 4 heterocycles. The number of piperazine rings is 1. The van der Waals surface area contributed by atoms with Crippen LogP contribution in [0.15, 0.2) is 24.3 Å². The first-order valence-corrected chi connectivity index (χ1v) is 11.2. The van der Waals surface area contributed by atoms with Crippen molar-refractivity contribution in [2.75, 3.05) is 34.5 Å². The van der Waals surface area contributed by atoms with Crippen LogP contribution in [-0.4, -0.2) is 67.4 Å². The van der Waals surface area contributed by atoms with Crippen LogP contribution in [0.25, 0.3) is 0 Å². The summed E-state index contributed by atoms with van der Waals surface area (Å²) in [6, 6.07) is 7.71. The van der Waals surface area contributed by atoms with Gasteiger partial charge >= 0.3 is 0 Å². The summed E-state index contributed by atoms with van der Waals surface area (Å²) in [5.74, 6) is 2.42. The molecule has 1 amide bonds. The Labute approximate surface area is 187 Å². The van der Waals surface area contributed by atoms with Crippen molar-refractivity contribution in [3.63, 3.8) is 0 Å². The quantitative estimate of drug-likeness (QED) is 0.794. The first-order chi connectivity index (χ1) is 15.5. The van der Waals surface area contributed by atoms with Crippen LogP contribution in [0.4, 0.5) is 0 Å². The smallest absolute Gasteiger partial charge is 0.241 e. The van der Waals surface area contributed by atoms with Crippen LogP contribution >= 0.6 is 0 Å². The van der Waals surface area contributed by atoms with E-state index >= 15 is 0 Å². The summed E-state index contributed by atoms with van der Waals surface area (Å²) in [6.45, 7) is 0.605. The standard InChI is InChI=1S/C25H28N2O5/c1-26-19-8-15-10-22(30-2)23(31-3)11-17(15)24(26)18-7-14-9-21-13(4-5-32-21)6-16(14)20(12-28)27(18)25(19)29/h6,9-11,18-20,24,28H,4-5,7-8,12H2,1-3H3/t18?,19-,20?,24+/m0/s1. The molecule has 2 aromatic carbocycles. The second-order valence-electron chi connectivity index (χ2n) is 9.21. The van der Waals surface area contributed by atoms with Gasteiger partial charge in [0.25, 0.3) is 0 Å². The number of fused-ring (bicyclic) bond motifs is 8. The number of carbonyl (C=O) groups excluding carboxylic acids is 1. The first-order valence-electron chi connectivity index (χ1n) is 11.2. The van der Waals surface area contributed by atoms with E-state index in [2.05, 4.69) is 23.1 Å². The van der Waals surface area contributed by atoms with E-state index in [4.69, 9.17) is 14.2 Å². The van der Waals surface area contributed by atoms with E-state index in [9.17, 15) is 9.90 Å². The Bertz CT molecular complexity index is 1120. The number of rotatable bonds is 3. The van der Waals surface area contributed by atoms with Crippen molar-refractivity contribution in [3.8, 4) is 17.2 Å². The molecule has 32 heavy (non-hydrogen) atoms. The first kappa shape index (κ1) is 19.9. The van der Waals surface area contributed by atoms with Gasteiger partial charge in [0.2, 0.25) is 5.91 Å². The second-order valence-corrected chi connectivity index (χ2v) is 9.21. The highest BCUT2D eigenvalue weighted by molar-refractivity contribution is 5.85. The second kappa shape index (κ2) is 7.12. The Kier molecular flexibility index (Phi) is 4.42. The van der Waals surface area contributed by atoms with E-state index in [0.717, 1.165) is 29.7 Å². The van der Waals surface area contributed by atoms with E-state index < -0.39 is 0 Å². The van der Waals surface area contributed by atoms with Gasteiger partial charge in [0, 0.05) is 6.42 Å². The number of likely N-dealkylation sites (N-methyl/N-ethyl adjacent to an activating group) is 1. The van der Waals surface area contributed by atoms with Crippen LogP contribution in [0.2, 0.25) is 0 Å².